The Morgan fingerprint density at radius 2 is 1.93 bits per heavy atom. The third-order valence-electron chi connectivity index (χ3n) is 1.85. The van der Waals surface area contributed by atoms with Crippen molar-refractivity contribution < 1.29 is 0 Å². The SMILES string of the molecule is [C-]#[N+]c1cc(C#N)cc(C#N)c1CC#N. The van der Waals surface area contributed by atoms with Crippen LogP contribution in [0.25, 0.3) is 4.85 Å². The van der Waals surface area contributed by atoms with E-state index in [2.05, 4.69) is 4.85 Å². The molecule has 68 valence electrons. The highest BCUT2D eigenvalue weighted by molar-refractivity contribution is 5.63. The maximum atomic E-state index is 8.81. The minimum absolute atomic E-state index is 0.00627. The Balaban J connectivity index is 3.53. The molecular formula is C11H4N4. The second kappa shape index (κ2) is 4.43. The van der Waals surface area contributed by atoms with Gasteiger partial charge in [-0.15, -0.1) is 0 Å². The molecule has 15 heavy (non-hydrogen) atoms. The zero-order chi connectivity index (χ0) is 11.3. The third-order valence-corrected chi connectivity index (χ3v) is 1.85. The molecule has 1 rings (SSSR count). The number of nitrogens with zero attached hydrogens (tertiary/aromatic N) is 4. The van der Waals surface area contributed by atoms with Crippen molar-refractivity contribution in [2.45, 2.75) is 6.42 Å². The van der Waals surface area contributed by atoms with Gasteiger partial charge in [-0.1, -0.05) is 0 Å². The van der Waals surface area contributed by atoms with Crippen LogP contribution in [0.4, 0.5) is 5.69 Å². The normalized spacial score (nSPS) is 8.00. The molecule has 0 saturated heterocycles. The number of hydrogen-bond donors (Lipinski definition) is 0. The van der Waals surface area contributed by atoms with E-state index in [9.17, 15) is 0 Å². The molecule has 0 aliphatic carbocycles. The van der Waals surface area contributed by atoms with E-state index in [1.54, 1.807) is 0 Å². The van der Waals surface area contributed by atoms with Crippen molar-refractivity contribution in [2.75, 3.05) is 0 Å². The van der Waals surface area contributed by atoms with Crippen LogP contribution in [0.2, 0.25) is 0 Å². The maximum absolute atomic E-state index is 8.81. The topological polar surface area (TPSA) is 75.7 Å². The van der Waals surface area contributed by atoms with E-state index in [-0.39, 0.29) is 23.2 Å². The molecule has 4 nitrogen and oxygen atoms in total. The van der Waals surface area contributed by atoms with Gasteiger partial charge in [0, 0.05) is 11.1 Å². The Kier molecular flexibility index (Phi) is 3.03. The van der Waals surface area contributed by atoms with Gasteiger partial charge in [-0.3, -0.25) is 0 Å². The second-order valence-corrected chi connectivity index (χ2v) is 2.69. The van der Waals surface area contributed by atoms with E-state index in [4.69, 9.17) is 22.4 Å². The van der Waals surface area contributed by atoms with Gasteiger partial charge in [0.05, 0.1) is 31.2 Å². The average Bonchev–Trinajstić information content (AvgIpc) is 2.29. The molecule has 0 bridgehead atoms. The lowest BCUT2D eigenvalue weighted by atomic mass is 10.0. The summed E-state index contributed by atoms with van der Waals surface area (Å²) >= 11 is 0. The molecule has 0 heterocycles. The molecule has 1 aromatic rings. The van der Waals surface area contributed by atoms with Crippen molar-refractivity contribution in [3.8, 4) is 18.2 Å². The molecule has 0 amide bonds. The lowest BCUT2D eigenvalue weighted by Gasteiger charge is -2.02. The molecule has 0 aromatic heterocycles. The summed E-state index contributed by atoms with van der Waals surface area (Å²) in [5.41, 5.74) is 1.09. The predicted molar refractivity (Wildman–Crippen MR) is 51.5 cm³/mol. The lowest BCUT2D eigenvalue weighted by Crippen LogP contribution is -1.90. The average molecular weight is 192 g/mol. The standard InChI is InChI=1S/C11H4N4/c1-15-11-5-8(6-13)4-9(7-14)10(11)2-3-12/h4-5H,2H2. The van der Waals surface area contributed by atoms with E-state index >= 15 is 0 Å². The monoisotopic (exact) mass is 192 g/mol. The molecule has 1 aromatic carbocycles. The number of hydrogen-bond acceptors (Lipinski definition) is 3. The first-order valence-corrected chi connectivity index (χ1v) is 3.98. The molecule has 0 radical (unpaired) electrons. The van der Waals surface area contributed by atoms with Crippen molar-refractivity contribution in [2.24, 2.45) is 0 Å². The zero-order valence-corrected chi connectivity index (χ0v) is 7.65. The van der Waals surface area contributed by atoms with Gasteiger partial charge in [-0.2, -0.15) is 15.8 Å². The summed E-state index contributed by atoms with van der Waals surface area (Å²) in [4.78, 5) is 3.20. The Hall–Kier alpha value is -2.82. The van der Waals surface area contributed by atoms with Gasteiger partial charge in [0.15, 0.2) is 5.69 Å². The molecular weight excluding hydrogens is 188 g/mol. The van der Waals surface area contributed by atoms with Gasteiger partial charge in [0.1, 0.15) is 0 Å². The molecule has 0 atom stereocenters. The predicted octanol–water partition coefficient (Wildman–Crippen LogP) is 2.05. The molecule has 0 saturated carbocycles. The van der Waals surface area contributed by atoms with Crippen LogP contribution in [0.5, 0.6) is 0 Å². The van der Waals surface area contributed by atoms with Crippen LogP contribution >= 0.6 is 0 Å². The van der Waals surface area contributed by atoms with E-state index in [0.717, 1.165) is 0 Å². The van der Waals surface area contributed by atoms with Crippen molar-refractivity contribution in [3.63, 3.8) is 0 Å². The van der Waals surface area contributed by atoms with Crippen LogP contribution in [0.1, 0.15) is 16.7 Å². The summed E-state index contributed by atoms with van der Waals surface area (Å²) in [6.45, 7) is 6.90. The molecule has 0 N–H and O–H groups in total. The summed E-state index contributed by atoms with van der Waals surface area (Å²) in [6, 6.07) is 8.43. The summed E-state index contributed by atoms with van der Waals surface area (Å²) < 4.78 is 0. The first kappa shape index (κ1) is 10.3. The second-order valence-electron chi connectivity index (χ2n) is 2.69. The minimum atomic E-state index is 0.00627. The van der Waals surface area contributed by atoms with E-state index in [1.165, 1.54) is 12.1 Å². The Morgan fingerprint density at radius 1 is 1.20 bits per heavy atom. The highest BCUT2D eigenvalue weighted by Gasteiger charge is 2.10. The van der Waals surface area contributed by atoms with Crippen LogP contribution in [0.15, 0.2) is 12.1 Å². The van der Waals surface area contributed by atoms with Crippen LogP contribution < -0.4 is 0 Å². The molecule has 0 spiro atoms. The summed E-state index contributed by atoms with van der Waals surface area (Å²) in [5, 5.41) is 26.0. The smallest absolute Gasteiger partial charge is 0.194 e. The van der Waals surface area contributed by atoms with Gasteiger partial charge in [-0.05, 0) is 17.7 Å². The molecule has 0 aliphatic heterocycles. The number of rotatable bonds is 1. The fraction of sp³-hybridized carbons (Fsp3) is 0.0909. The molecule has 4 heteroatoms. The molecule has 0 fully saturated rings. The van der Waals surface area contributed by atoms with Crippen LogP contribution in [0, 0.1) is 40.6 Å². The Bertz CT molecular complexity index is 523. The van der Waals surface area contributed by atoms with Crippen molar-refractivity contribution in [1.29, 1.82) is 15.8 Å². The highest BCUT2D eigenvalue weighted by Crippen LogP contribution is 2.25. The Labute approximate surface area is 87.0 Å². The molecule has 0 aliphatic rings. The van der Waals surface area contributed by atoms with Gasteiger partial charge in [0.2, 0.25) is 0 Å². The first-order chi connectivity index (χ1) is 7.26. The van der Waals surface area contributed by atoms with Crippen molar-refractivity contribution in [1.82, 2.24) is 0 Å². The van der Waals surface area contributed by atoms with Gasteiger partial charge in [0.25, 0.3) is 0 Å². The van der Waals surface area contributed by atoms with Crippen LogP contribution in [-0.2, 0) is 6.42 Å². The minimum Gasteiger partial charge on any atom is -0.238 e. The molecule has 0 unspecified atom stereocenters. The summed E-state index contributed by atoms with van der Waals surface area (Å²) in [7, 11) is 0. The van der Waals surface area contributed by atoms with Crippen molar-refractivity contribution >= 4 is 5.69 Å². The first-order valence-electron chi connectivity index (χ1n) is 3.98. The van der Waals surface area contributed by atoms with Crippen LogP contribution in [-0.4, -0.2) is 0 Å². The van der Waals surface area contributed by atoms with Gasteiger partial charge < -0.3 is 0 Å². The van der Waals surface area contributed by atoms with E-state index in [0.29, 0.717) is 5.56 Å². The summed E-state index contributed by atoms with van der Waals surface area (Å²) in [6.07, 6.45) is 0.00627. The zero-order valence-electron chi connectivity index (χ0n) is 7.65. The van der Waals surface area contributed by atoms with E-state index in [1.807, 2.05) is 18.2 Å². The van der Waals surface area contributed by atoms with Crippen LogP contribution in [0.3, 0.4) is 0 Å². The maximum Gasteiger partial charge on any atom is 0.194 e. The lowest BCUT2D eigenvalue weighted by molar-refractivity contribution is 1.25. The quantitative estimate of drug-likeness (QED) is 0.639. The van der Waals surface area contributed by atoms with Gasteiger partial charge in [-0.25, -0.2) is 4.85 Å². The fourth-order valence-corrected chi connectivity index (χ4v) is 1.19. The number of benzene rings is 1. The largest absolute Gasteiger partial charge is 0.238 e. The van der Waals surface area contributed by atoms with Gasteiger partial charge >= 0.3 is 0 Å². The number of nitriles is 3. The fourth-order valence-electron chi connectivity index (χ4n) is 1.19. The van der Waals surface area contributed by atoms with Crippen molar-refractivity contribution in [3.05, 3.63) is 40.2 Å². The highest BCUT2D eigenvalue weighted by atomic mass is 14.6. The summed E-state index contributed by atoms with van der Waals surface area (Å²) in [5.74, 6) is 0. The van der Waals surface area contributed by atoms with E-state index < -0.39 is 0 Å². The Morgan fingerprint density at radius 3 is 2.40 bits per heavy atom. The third kappa shape index (κ3) is 1.92.